The van der Waals surface area contributed by atoms with Gasteiger partial charge in [0.1, 0.15) is 11.5 Å². The third kappa shape index (κ3) is 3.73. The van der Waals surface area contributed by atoms with Gasteiger partial charge in [-0.2, -0.15) is 13.2 Å². The van der Waals surface area contributed by atoms with Gasteiger partial charge in [0.05, 0.1) is 24.7 Å². The normalized spacial score (nSPS) is 14.5. The highest BCUT2D eigenvalue weighted by molar-refractivity contribution is 7.86. The van der Waals surface area contributed by atoms with Crippen molar-refractivity contribution in [2.24, 2.45) is 5.73 Å². The van der Waals surface area contributed by atoms with E-state index in [1.54, 1.807) is 0 Å². The molecule has 0 bridgehead atoms. The molecule has 1 rings (SSSR count). The molecule has 0 amide bonds. The lowest BCUT2D eigenvalue weighted by Crippen LogP contribution is -2.58. The zero-order valence-electron chi connectivity index (χ0n) is 11.8. The third-order valence-corrected chi connectivity index (χ3v) is 3.92. The Hall–Kier alpha value is -1.44. The highest BCUT2D eigenvalue weighted by Gasteiger charge is 2.49. The largest absolute Gasteiger partial charge is 0.496 e. The summed E-state index contributed by atoms with van der Waals surface area (Å²) in [6.07, 6.45) is 0. The summed E-state index contributed by atoms with van der Waals surface area (Å²) >= 11 is 0. The molecule has 0 radical (unpaired) electrons. The van der Waals surface area contributed by atoms with E-state index in [1.165, 1.54) is 0 Å². The van der Waals surface area contributed by atoms with Crippen LogP contribution in [0, 0.1) is 0 Å². The van der Waals surface area contributed by atoms with Crippen LogP contribution >= 0.6 is 0 Å². The quantitative estimate of drug-likeness (QED) is 0.423. The topological polar surface area (TPSA) is 142 Å². The van der Waals surface area contributed by atoms with Crippen LogP contribution in [0.25, 0.3) is 0 Å². The third-order valence-electron chi connectivity index (χ3n) is 2.78. The zero-order valence-corrected chi connectivity index (χ0v) is 12.6. The van der Waals surface area contributed by atoms with E-state index >= 15 is 0 Å². The van der Waals surface area contributed by atoms with Crippen molar-refractivity contribution in [3.05, 3.63) is 17.7 Å². The average molecular weight is 361 g/mol. The van der Waals surface area contributed by atoms with Gasteiger partial charge < -0.3 is 29.9 Å². The van der Waals surface area contributed by atoms with Gasteiger partial charge in [-0.25, -0.2) is 4.21 Å². The Morgan fingerprint density at radius 2 is 1.52 bits per heavy atom. The highest BCUT2D eigenvalue weighted by Crippen LogP contribution is 2.41. The van der Waals surface area contributed by atoms with Crippen LogP contribution in [0.2, 0.25) is 0 Å². The molecule has 0 aromatic heterocycles. The van der Waals surface area contributed by atoms with E-state index in [1.807, 2.05) is 0 Å². The van der Waals surface area contributed by atoms with Gasteiger partial charge in [0.2, 0.25) is 0 Å². The Morgan fingerprint density at radius 3 is 1.87 bits per heavy atom. The summed E-state index contributed by atoms with van der Waals surface area (Å²) in [7, 11) is -1.61. The van der Waals surface area contributed by atoms with Crippen molar-refractivity contribution >= 4 is 10.8 Å². The van der Waals surface area contributed by atoms with Crippen molar-refractivity contribution < 1.29 is 47.3 Å². The summed E-state index contributed by atoms with van der Waals surface area (Å²) in [5.41, 5.74) is -1.12. The van der Waals surface area contributed by atoms with Crippen LogP contribution in [0.3, 0.4) is 0 Å². The molecule has 12 heteroatoms. The second-order valence-corrected chi connectivity index (χ2v) is 5.76. The molecule has 6 N–H and O–H groups in total. The molecule has 8 nitrogen and oxygen atoms in total. The summed E-state index contributed by atoms with van der Waals surface area (Å²) < 4.78 is 58.6. The summed E-state index contributed by atoms with van der Waals surface area (Å²) in [6, 6.07) is 1.15. The Kier molecular flexibility index (Phi) is 5.30. The number of nitrogens with two attached hydrogens (primary N) is 1. The maximum absolute atomic E-state index is 12.6. The molecule has 1 aromatic rings. The van der Waals surface area contributed by atoms with Gasteiger partial charge >= 0.3 is 5.51 Å². The van der Waals surface area contributed by atoms with Crippen molar-refractivity contribution in [3.63, 3.8) is 0 Å². The molecule has 0 fully saturated rings. The van der Waals surface area contributed by atoms with Crippen LogP contribution in [0.15, 0.2) is 17.0 Å². The average Bonchev–Trinajstić information content (AvgIpc) is 2.42. The van der Waals surface area contributed by atoms with Gasteiger partial charge in [-0.3, -0.25) is 5.73 Å². The standard InChI is InChI=1S/C11H14F3NO7S/c1-21-6-4-8(23(20)11(12,13)14)7(22-2)3-5(6)9(16,17)10(15,18)19/h3-4,16-19H,15H2,1-2H3. The van der Waals surface area contributed by atoms with Crippen molar-refractivity contribution in [2.75, 3.05) is 14.2 Å². The lowest BCUT2D eigenvalue weighted by Gasteiger charge is -2.32. The predicted octanol–water partition coefficient (Wildman–Crippen LogP) is -0.934. The Labute approximate surface area is 130 Å². The van der Waals surface area contributed by atoms with Crippen molar-refractivity contribution in [1.82, 2.24) is 0 Å². The summed E-state index contributed by atoms with van der Waals surface area (Å²) in [5, 5.41) is 37.9. The first-order valence-corrected chi connectivity index (χ1v) is 6.85. The number of methoxy groups -OCH3 is 2. The van der Waals surface area contributed by atoms with Crippen LogP contribution < -0.4 is 15.2 Å². The fourth-order valence-corrected chi connectivity index (χ4v) is 2.40. The predicted molar refractivity (Wildman–Crippen MR) is 69.5 cm³/mol. The minimum absolute atomic E-state index is 0.560. The van der Waals surface area contributed by atoms with E-state index in [0.717, 1.165) is 14.2 Å². The molecule has 0 saturated heterocycles. The molecule has 0 saturated carbocycles. The number of rotatable bonds is 5. The van der Waals surface area contributed by atoms with Crippen LogP contribution in [-0.2, 0) is 16.6 Å². The van der Waals surface area contributed by atoms with E-state index in [4.69, 9.17) is 5.73 Å². The van der Waals surface area contributed by atoms with Gasteiger partial charge in [-0.1, -0.05) is 0 Å². The first kappa shape index (κ1) is 19.6. The number of aliphatic hydroxyl groups is 4. The molecule has 0 spiro atoms. The molecule has 1 unspecified atom stereocenters. The van der Waals surface area contributed by atoms with Crippen LogP contribution in [-0.4, -0.2) is 50.3 Å². The number of benzene rings is 1. The van der Waals surface area contributed by atoms with Gasteiger partial charge in [-0.05, 0) is 6.07 Å². The van der Waals surface area contributed by atoms with Crippen LogP contribution in [0.4, 0.5) is 13.2 Å². The molecular formula is C11H14F3NO7S. The number of halogens is 3. The zero-order chi connectivity index (χ0) is 18.2. The highest BCUT2D eigenvalue weighted by atomic mass is 32.2. The molecule has 0 aliphatic heterocycles. The molecule has 0 heterocycles. The van der Waals surface area contributed by atoms with Crippen molar-refractivity contribution in [2.45, 2.75) is 22.1 Å². The van der Waals surface area contributed by atoms with E-state index in [9.17, 15) is 37.8 Å². The molecule has 0 aliphatic carbocycles. The van der Waals surface area contributed by atoms with E-state index < -0.39 is 50.0 Å². The van der Waals surface area contributed by atoms with Gasteiger partial charge in [0, 0.05) is 6.07 Å². The Bertz CT molecular complexity index is 613. The minimum Gasteiger partial charge on any atom is -0.496 e. The number of ether oxygens (including phenoxy) is 2. The van der Waals surface area contributed by atoms with Crippen LogP contribution in [0.5, 0.6) is 11.5 Å². The number of hydrogen-bond acceptors (Lipinski definition) is 8. The molecule has 0 aliphatic rings. The SMILES string of the molecule is COc1cc(C(O)(O)C(N)(O)O)c(OC)cc1S(=O)C(F)(F)F. The van der Waals surface area contributed by atoms with Crippen LogP contribution in [0.1, 0.15) is 5.56 Å². The maximum Gasteiger partial charge on any atom is 0.475 e. The van der Waals surface area contributed by atoms with E-state index in [-0.39, 0.29) is 0 Å². The number of alkyl halides is 3. The van der Waals surface area contributed by atoms with E-state index in [2.05, 4.69) is 9.47 Å². The molecule has 1 aromatic carbocycles. The monoisotopic (exact) mass is 361 g/mol. The lowest BCUT2D eigenvalue weighted by atomic mass is 10.0. The molecule has 23 heavy (non-hydrogen) atoms. The van der Waals surface area contributed by atoms with Gasteiger partial charge in [0.15, 0.2) is 10.8 Å². The van der Waals surface area contributed by atoms with Gasteiger partial charge in [-0.15, -0.1) is 0 Å². The number of hydrogen-bond donors (Lipinski definition) is 5. The Balaban J connectivity index is 3.65. The second-order valence-electron chi connectivity index (χ2n) is 4.32. The fourth-order valence-electron chi connectivity index (χ4n) is 1.61. The minimum atomic E-state index is -5.11. The lowest BCUT2D eigenvalue weighted by molar-refractivity contribution is -0.363. The molecule has 1 atom stereocenters. The summed E-state index contributed by atoms with van der Waals surface area (Å²) in [6.45, 7) is 0. The summed E-state index contributed by atoms with van der Waals surface area (Å²) in [4.78, 5) is -0.866. The fraction of sp³-hybridized carbons (Fsp3) is 0.455. The first-order chi connectivity index (χ1) is 10.3. The Morgan fingerprint density at radius 1 is 1.04 bits per heavy atom. The summed E-state index contributed by atoms with van der Waals surface area (Å²) in [5.74, 6) is -8.39. The van der Waals surface area contributed by atoms with Gasteiger partial charge in [0.25, 0.3) is 11.7 Å². The van der Waals surface area contributed by atoms with Crippen molar-refractivity contribution in [3.8, 4) is 11.5 Å². The second kappa shape index (κ2) is 6.22. The first-order valence-electron chi connectivity index (χ1n) is 5.70. The maximum atomic E-state index is 12.6. The van der Waals surface area contributed by atoms with Crippen molar-refractivity contribution in [1.29, 1.82) is 0 Å². The smallest absolute Gasteiger partial charge is 0.475 e. The van der Waals surface area contributed by atoms with E-state index in [0.29, 0.717) is 12.1 Å². The molecular weight excluding hydrogens is 347 g/mol. The molecule has 132 valence electrons.